The summed E-state index contributed by atoms with van der Waals surface area (Å²) in [6, 6.07) is 17.8. The van der Waals surface area contributed by atoms with E-state index < -0.39 is 10.8 Å². The van der Waals surface area contributed by atoms with Crippen LogP contribution in [0.2, 0.25) is 0 Å². The van der Waals surface area contributed by atoms with Gasteiger partial charge in [0.05, 0.1) is 6.54 Å². The Morgan fingerprint density at radius 2 is 1.89 bits per heavy atom. The Hall–Kier alpha value is -2.60. The summed E-state index contributed by atoms with van der Waals surface area (Å²) in [5, 5.41) is 6.48. The van der Waals surface area contributed by atoms with E-state index in [9.17, 15) is 4.21 Å². The molecular weight excluding hydrogens is 370 g/mol. The fraction of sp³-hybridized carbons (Fsp3) is 0.318. The van der Waals surface area contributed by atoms with Crippen molar-refractivity contribution in [1.29, 1.82) is 0 Å². The number of hydrogen-bond donors (Lipinski definition) is 2. The number of rotatable bonds is 11. The Labute approximate surface area is 170 Å². The minimum Gasteiger partial charge on any atom is -0.489 e. The van der Waals surface area contributed by atoms with Gasteiger partial charge in [0.25, 0.3) is 0 Å². The van der Waals surface area contributed by atoms with Crippen molar-refractivity contribution in [2.45, 2.75) is 19.2 Å². The van der Waals surface area contributed by atoms with Crippen molar-refractivity contribution in [3.63, 3.8) is 0 Å². The van der Waals surface area contributed by atoms with Crippen molar-refractivity contribution in [1.82, 2.24) is 10.6 Å². The van der Waals surface area contributed by atoms with Crippen LogP contribution in [-0.2, 0) is 23.1 Å². The Balaban J connectivity index is 1.87. The van der Waals surface area contributed by atoms with Gasteiger partial charge in [0.2, 0.25) is 0 Å². The summed E-state index contributed by atoms with van der Waals surface area (Å²) in [5.41, 5.74) is 2.10. The van der Waals surface area contributed by atoms with Gasteiger partial charge < -0.3 is 15.4 Å². The second-order valence-corrected chi connectivity index (χ2v) is 7.68. The molecule has 2 N–H and O–H groups in total. The molecule has 0 aromatic heterocycles. The van der Waals surface area contributed by atoms with Gasteiger partial charge in [-0.15, -0.1) is 0 Å². The number of aliphatic imine (C=N–C) groups is 1. The molecule has 0 fully saturated rings. The minimum absolute atomic E-state index is 0.465. The number of benzene rings is 2. The number of nitrogens with one attached hydrogen (secondary N) is 2. The molecule has 6 heteroatoms. The van der Waals surface area contributed by atoms with E-state index in [0.29, 0.717) is 37.2 Å². The van der Waals surface area contributed by atoms with Crippen molar-refractivity contribution in [2.24, 2.45) is 4.99 Å². The fourth-order valence-electron chi connectivity index (χ4n) is 2.55. The van der Waals surface area contributed by atoms with Crippen molar-refractivity contribution in [3.05, 3.63) is 78.4 Å². The lowest BCUT2D eigenvalue weighted by Gasteiger charge is -2.12. The summed E-state index contributed by atoms with van der Waals surface area (Å²) in [7, 11) is -0.913. The zero-order valence-corrected chi connectivity index (χ0v) is 17.2. The topological polar surface area (TPSA) is 62.7 Å². The van der Waals surface area contributed by atoms with Crippen molar-refractivity contribution in [2.75, 3.05) is 25.4 Å². The van der Waals surface area contributed by atoms with Crippen LogP contribution in [0.4, 0.5) is 0 Å². The lowest BCUT2D eigenvalue weighted by Crippen LogP contribution is -2.39. The standard InChI is InChI=1S/C22H29N3O2S/c1-3-15-27-21-13-9-8-12-20(21)17-25-22(23-4-2)24-14-16-28(26)18-19-10-6-5-7-11-19/h3,5-13H,1,4,14-18H2,2H3,(H2,23,24,25). The van der Waals surface area contributed by atoms with Crippen molar-refractivity contribution in [3.8, 4) is 5.75 Å². The SMILES string of the molecule is C=CCOc1ccccc1CN=C(NCC)NCCS(=O)Cc1ccccc1. The highest BCUT2D eigenvalue weighted by Gasteiger charge is 2.05. The Morgan fingerprint density at radius 1 is 1.14 bits per heavy atom. The second kappa shape index (κ2) is 12.7. The predicted molar refractivity (Wildman–Crippen MR) is 118 cm³/mol. The molecule has 2 aromatic carbocycles. The molecule has 0 aliphatic carbocycles. The molecule has 1 unspecified atom stereocenters. The van der Waals surface area contributed by atoms with Gasteiger partial charge in [-0.25, -0.2) is 4.99 Å². The van der Waals surface area contributed by atoms with Crippen LogP contribution >= 0.6 is 0 Å². The van der Waals surface area contributed by atoms with Gasteiger partial charge in [-0.2, -0.15) is 0 Å². The molecule has 0 heterocycles. The predicted octanol–water partition coefficient (Wildman–Crippen LogP) is 3.26. The molecule has 0 spiro atoms. The summed E-state index contributed by atoms with van der Waals surface area (Å²) in [4.78, 5) is 4.62. The summed E-state index contributed by atoms with van der Waals surface area (Å²) in [5.74, 6) is 2.66. The molecule has 0 aliphatic heterocycles. The van der Waals surface area contributed by atoms with Crippen molar-refractivity contribution >= 4 is 16.8 Å². The van der Waals surface area contributed by atoms with Crippen LogP contribution in [0, 0.1) is 0 Å². The van der Waals surface area contributed by atoms with E-state index in [4.69, 9.17) is 4.74 Å². The number of ether oxygens (including phenoxy) is 1. The molecule has 150 valence electrons. The Bertz CT molecular complexity index is 778. The van der Waals surface area contributed by atoms with E-state index in [0.717, 1.165) is 23.4 Å². The van der Waals surface area contributed by atoms with Crippen LogP contribution < -0.4 is 15.4 Å². The lowest BCUT2D eigenvalue weighted by molar-refractivity contribution is 0.359. The van der Waals surface area contributed by atoms with Crippen molar-refractivity contribution < 1.29 is 8.95 Å². The van der Waals surface area contributed by atoms with Crippen LogP contribution in [0.25, 0.3) is 0 Å². The van der Waals surface area contributed by atoms with Gasteiger partial charge in [-0.05, 0) is 18.6 Å². The number of nitrogens with zero attached hydrogens (tertiary/aromatic N) is 1. The zero-order valence-electron chi connectivity index (χ0n) is 16.4. The molecule has 0 radical (unpaired) electrons. The smallest absolute Gasteiger partial charge is 0.191 e. The highest BCUT2D eigenvalue weighted by atomic mass is 32.2. The quantitative estimate of drug-likeness (QED) is 0.346. The lowest BCUT2D eigenvalue weighted by atomic mass is 10.2. The van der Waals surface area contributed by atoms with Crippen LogP contribution in [-0.4, -0.2) is 35.6 Å². The van der Waals surface area contributed by atoms with Gasteiger partial charge in [0, 0.05) is 41.0 Å². The van der Waals surface area contributed by atoms with Gasteiger partial charge >= 0.3 is 0 Å². The van der Waals surface area contributed by atoms with Gasteiger partial charge in [-0.1, -0.05) is 61.2 Å². The van der Waals surface area contributed by atoms with E-state index in [-0.39, 0.29) is 0 Å². The molecule has 0 saturated heterocycles. The molecule has 2 rings (SSSR count). The molecule has 0 amide bonds. The van der Waals surface area contributed by atoms with E-state index in [1.54, 1.807) is 6.08 Å². The summed E-state index contributed by atoms with van der Waals surface area (Å²) < 4.78 is 17.9. The molecule has 28 heavy (non-hydrogen) atoms. The first-order chi connectivity index (χ1) is 13.7. The van der Waals surface area contributed by atoms with Gasteiger partial charge in [0.1, 0.15) is 12.4 Å². The molecule has 0 saturated carbocycles. The van der Waals surface area contributed by atoms with E-state index in [1.807, 2.05) is 61.5 Å². The summed E-state index contributed by atoms with van der Waals surface area (Å²) in [6.45, 7) is 8.02. The number of guanidine groups is 1. The fourth-order valence-corrected chi connectivity index (χ4v) is 3.58. The maximum absolute atomic E-state index is 12.3. The Kier molecular flexibility index (Phi) is 9.86. The van der Waals surface area contributed by atoms with E-state index in [2.05, 4.69) is 22.2 Å². The van der Waals surface area contributed by atoms with Crippen LogP contribution in [0.15, 0.2) is 72.2 Å². The highest BCUT2D eigenvalue weighted by Crippen LogP contribution is 2.18. The number of para-hydroxylation sites is 1. The maximum atomic E-state index is 12.3. The Morgan fingerprint density at radius 3 is 2.64 bits per heavy atom. The first-order valence-corrected chi connectivity index (χ1v) is 10.9. The third-order valence-electron chi connectivity index (χ3n) is 3.87. The van der Waals surface area contributed by atoms with Crippen LogP contribution in [0.1, 0.15) is 18.1 Å². The van der Waals surface area contributed by atoms with Gasteiger partial charge in [0.15, 0.2) is 5.96 Å². The third kappa shape index (κ3) is 7.96. The maximum Gasteiger partial charge on any atom is 0.191 e. The highest BCUT2D eigenvalue weighted by molar-refractivity contribution is 7.84. The third-order valence-corrected chi connectivity index (χ3v) is 5.19. The number of hydrogen-bond acceptors (Lipinski definition) is 3. The van der Waals surface area contributed by atoms with Crippen LogP contribution in [0.3, 0.4) is 0 Å². The summed E-state index contributed by atoms with van der Waals surface area (Å²) in [6.07, 6.45) is 1.72. The monoisotopic (exact) mass is 399 g/mol. The molecule has 5 nitrogen and oxygen atoms in total. The normalized spacial score (nSPS) is 12.2. The van der Waals surface area contributed by atoms with Crippen LogP contribution in [0.5, 0.6) is 5.75 Å². The average Bonchev–Trinajstić information content (AvgIpc) is 2.71. The van der Waals surface area contributed by atoms with E-state index >= 15 is 0 Å². The average molecular weight is 400 g/mol. The first-order valence-electron chi connectivity index (χ1n) is 9.45. The molecule has 2 aromatic rings. The summed E-state index contributed by atoms with van der Waals surface area (Å²) >= 11 is 0. The largest absolute Gasteiger partial charge is 0.489 e. The molecule has 1 atom stereocenters. The first kappa shape index (κ1) is 21.7. The molecule has 0 bridgehead atoms. The minimum atomic E-state index is -0.913. The van der Waals surface area contributed by atoms with E-state index in [1.165, 1.54) is 0 Å². The molecule has 0 aliphatic rings. The molecular formula is C22H29N3O2S. The zero-order chi connectivity index (χ0) is 20.0. The second-order valence-electron chi connectivity index (χ2n) is 6.10. The van der Waals surface area contributed by atoms with Gasteiger partial charge in [-0.3, -0.25) is 4.21 Å².